The summed E-state index contributed by atoms with van der Waals surface area (Å²) in [5, 5.41) is 11.7. The number of piperazine rings is 1. The highest BCUT2D eigenvalue weighted by Crippen LogP contribution is 2.34. The lowest BCUT2D eigenvalue weighted by Gasteiger charge is -2.36. The largest absolute Gasteiger partial charge is 0.420 e. The number of anilines is 1. The Morgan fingerprint density at radius 2 is 1.63 bits per heavy atom. The Morgan fingerprint density at radius 3 is 2.27 bits per heavy atom. The summed E-state index contributed by atoms with van der Waals surface area (Å²) in [6, 6.07) is 14.7. The number of nitrogens with zero attached hydrogens (tertiary/aromatic N) is 3. The molecule has 0 bridgehead atoms. The van der Waals surface area contributed by atoms with Gasteiger partial charge in [0.25, 0.3) is 12.0 Å². The van der Waals surface area contributed by atoms with Gasteiger partial charge in [-0.1, -0.05) is 30.3 Å². The molecule has 0 unspecified atom stereocenters. The number of cyclic esters (lactones) is 2. The number of benzene rings is 2. The standard InChI is InChI=1S/C21H21N3O6/c25-19-13-20(26)30-21(29-19)16-6-7-17(18(12-16)24(27)28)23-10-8-22(9-11-23)14-15-4-2-1-3-5-15/h1-7,12,21H,8-11,13-14H2. The van der Waals surface area contributed by atoms with Crippen molar-refractivity contribution in [2.75, 3.05) is 31.1 Å². The van der Waals surface area contributed by atoms with Crippen molar-refractivity contribution in [1.82, 2.24) is 4.90 Å². The van der Waals surface area contributed by atoms with Crippen molar-refractivity contribution in [2.45, 2.75) is 19.3 Å². The van der Waals surface area contributed by atoms with Crippen LogP contribution in [0.15, 0.2) is 48.5 Å². The summed E-state index contributed by atoms with van der Waals surface area (Å²) >= 11 is 0. The van der Waals surface area contributed by atoms with Gasteiger partial charge < -0.3 is 14.4 Å². The highest BCUT2D eigenvalue weighted by atomic mass is 16.7. The Balaban J connectivity index is 1.47. The number of hydrogen-bond donors (Lipinski definition) is 0. The van der Waals surface area contributed by atoms with Gasteiger partial charge >= 0.3 is 11.9 Å². The molecular weight excluding hydrogens is 390 g/mol. The maximum atomic E-state index is 11.7. The Morgan fingerprint density at radius 1 is 0.967 bits per heavy atom. The van der Waals surface area contributed by atoms with Crippen LogP contribution in [0.4, 0.5) is 11.4 Å². The third kappa shape index (κ3) is 4.41. The van der Waals surface area contributed by atoms with E-state index in [4.69, 9.17) is 9.47 Å². The molecule has 2 aliphatic rings. The summed E-state index contributed by atoms with van der Waals surface area (Å²) in [5.41, 5.74) is 1.88. The first-order valence-corrected chi connectivity index (χ1v) is 9.68. The zero-order valence-electron chi connectivity index (χ0n) is 16.2. The molecule has 0 aromatic heterocycles. The molecule has 2 aliphatic heterocycles. The van der Waals surface area contributed by atoms with Crippen LogP contribution in [-0.2, 0) is 25.6 Å². The molecule has 30 heavy (non-hydrogen) atoms. The number of ether oxygens (including phenoxy) is 2. The van der Waals surface area contributed by atoms with Crippen LogP contribution in [0.3, 0.4) is 0 Å². The van der Waals surface area contributed by atoms with Gasteiger partial charge in [0, 0.05) is 44.4 Å². The first-order chi connectivity index (χ1) is 14.5. The Hall–Kier alpha value is -3.46. The van der Waals surface area contributed by atoms with Gasteiger partial charge in [0.05, 0.1) is 4.92 Å². The SMILES string of the molecule is O=C1CC(=O)OC(c2ccc(N3CCN(Cc4ccccc4)CC3)c([N+](=O)[O-])c2)O1. The normalized spacial score (nSPS) is 18.1. The van der Waals surface area contributed by atoms with Gasteiger partial charge in [0.1, 0.15) is 12.1 Å². The van der Waals surface area contributed by atoms with Crippen LogP contribution in [-0.4, -0.2) is 47.9 Å². The second-order valence-electron chi connectivity index (χ2n) is 7.24. The van der Waals surface area contributed by atoms with E-state index in [1.54, 1.807) is 12.1 Å². The van der Waals surface area contributed by atoms with E-state index in [0.717, 1.165) is 19.6 Å². The maximum absolute atomic E-state index is 11.7. The van der Waals surface area contributed by atoms with E-state index in [9.17, 15) is 19.7 Å². The average Bonchev–Trinajstić information content (AvgIpc) is 2.74. The predicted octanol–water partition coefficient (Wildman–Crippen LogP) is 2.41. The fourth-order valence-electron chi connectivity index (χ4n) is 3.69. The van der Waals surface area contributed by atoms with Crippen LogP contribution in [0.5, 0.6) is 0 Å². The Labute approximate surface area is 172 Å². The average molecular weight is 411 g/mol. The number of esters is 2. The van der Waals surface area contributed by atoms with E-state index in [1.807, 2.05) is 23.1 Å². The van der Waals surface area contributed by atoms with Crippen molar-refractivity contribution in [3.8, 4) is 0 Å². The third-order valence-corrected chi connectivity index (χ3v) is 5.20. The molecule has 2 fully saturated rings. The lowest BCUT2D eigenvalue weighted by molar-refractivity contribution is -0.384. The van der Waals surface area contributed by atoms with E-state index in [1.165, 1.54) is 11.6 Å². The fourth-order valence-corrected chi connectivity index (χ4v) is 3.69. The molecule has 2 aromatic rings. The van der Waals surface area contributed by atoms with Gasteiger partial charge in [-0.15, -0.1) is 0 Å². The van der Waals surface area contributed by atoms with Crippen molar-refractivity contribution in [2.24, 2.45) is 0 Å². The van der Waals surface area contributed by atoms with E-state index in [-0.39, 0.29) is 11.3 Å². The summed E-state index contributed by atoms with van der Waals surface area (Å²) in [5.74, 6) is -1.42. The molecule has 4 rings (SSSR count). The van der Waals surface area contributed by atoms with Crippen molar-refractivity contribution in [3.05, 3.63) is 69.8 Å². The van der Waals surface area contributed by atoms with Crippen LogP contribution >= 0.6 is 0 Å². The summed E-state index contributed by atoms with van der Waals surface area (Å²) in [6.07, 6.45) is -1.71. The molecule has 0 atom stereocenters. The van der Waals surface area contributed by atoms with Crippen LogP contribution in [0.25, 0.3) is 0 Å². The predicted molar refractivity (Wildman–Crippen MR) is 107 cm³/mol. The minimum Gasteiger partial charge on any atom is -0.420 e. The van der Waals surface area contributed by atoms with E-state index >= 15 is 0 Å². The molecule has 0 N–H and O–H groups in total. The number of nitro benzene ring substituents is 1. The number of rotatable bonds is 5. The summed E-state index contributed by atoms with van der Waals surface area (Å²) in [6.45, 7) is 3.71. The summed E-state index contributed by atoms with van der Waals surface area (Å²) in [7, 11) is 0. The molecule has 2 heterocycles. The second kappa shape index (κ2) is 8.50. The number of carbonyl (C=O) groups is 2. The van der Waals surface area contributed by atoms with Crippen molar-refractivity contribution in [1.29, 1.82) is 0 Å². The number of hydrogen-bond acceptors (Lipinski definition) is 8. The van der Waals surface area contributed by atoms with Crippen LogP contribution < -0.4 is 4.90 Å². The summed E-state index contributed by atoms with van der Waals surface area (Å²) in [4.78, 5) is 38.5. The fraction of sp³-hybridized carbons (Fsp3) is 0.333. The Bertz CT molecular complexity index is 940. The monoisotopic (exact) mass is 411 g/mol. The maximum Gasteiger partial charge on any atom is 0.320 e. The Kier molecular flexibility index (Phi) is 5.62. The molecule has 0 saturated carbocycles. The van der Waals surface area contributed by atoms with Gasteiger partial charge in [0.15, 0.2) is 0 Å². The highest BCUT2D eigenvalue weighted by molar-refractivity contribution is 5.92. The van der Waals surface area contributed by atoms with Gasteiger partial charge in [-0.05, 0) is 17.7 Å². The van der Waals surface area contributed by atoms with E-state index < -0.39 is 29.6 Å². The quantitative estimate of drug-likeness (QED) is 0.320. The van der Waals surface area contributed by atoms with Gasteiger partial charge in [0.2, 0.25) is 0 Å². The molecule has 0 aliphatic carbocycles. The lowest BCUT2D eigenvalue weighted by atomic mass is 10.1. The molecule has 0 spiro atoms. The lowest BCUT2D eigenvalue weighted by Crippen LogP contribution is -2.46. The van der Waals surface area contributed by atoms with Crippen molar-refractivity contribution in [3.63, 3.8) is 0 Å². The van der Waals surface area contributed by atoms with Gasteiger partial charge in [-0.25, -0.2) is 0 Å². The second-order valence-corrected chi connectivity index (χ2v) is 7.24. The first kappa shape index (κ1) is 19.8. The zero-order chi connectivity index (χ0) is 21.1. The molecule has 9 heteroatoms. The molecule has 2 aromatic carbocycles. The first-order valence-electron chi connectivity index (χ1n) is 9.68. The number of carbonyl (C=O) groups excluding carboxylic acids is 2. The topological polar surface area (TPSA) is 102 Å². The van der Waals surface area contributed by atoms with Crippen molar-refractivity contribution >= 4 is 23.3 Å². The van der Waals surface area contributed by atoms with Crippen LogP contribution in [0.2, 0.25) is 0 Å². The highest BCUT2D eigenvalue weighted by Gasteiger charge is 2.32. The van der Waals surface area contributed by atoms with Crippen LogP contribution in [0.1, 0.15) is 23.8 Å². The molecular formula is C21H21N3O6. The molecule has 9 nitrogen and oxygen atoms in total. The number of nitro groups is 1. The molecule has 0 radical (unpaired) electrons. The third-order valence-electron chi connectivity index (χ3n) is 5.20. The van der Waals surface area contributed by atoms with Crippen molar-refractivity contribution < 1.29 is 24.0 Å². The smallest absolute Gasteiger partial charge is 0.320 e. The zero-order valence-corrected chi connectivity index (χ0v) is 16.2. The molecule has 0 amide bonds. The molecule has 2 saturated heterocycles. The van der Waals surface area contributed by atoms with E-state index in [0.29, 0.717) is 18.8 Å². The minimum absolute atomic E-state index is 0.110. The molecule has 156 valence electrons. The minimum atomic E-state index is -1.26. The summed E-state index contributed by atoms with van der Waals surface area (Å²) < 4.78 is 10.0. The van der Waals surface area contributed by atoms with Gasteiger partial charge in [-0.3, -0.25) is 24.6 Å². The van der Waals surface area contributed by atoms with E-state index in [2.05, 4.69) is 17.0 Å². The van der Waals surface area contributed by atoms with Crippen LogP contribution in [0, 0.1) is 10.1 Å². The van der Waals surface area contributed by atoms with Gasteiger partial charge in [-0.2, -0.15) is 0 Å².